The Hall–Kier alpha value is -0.820. The molecule has 0 amide bonds. The van der Waals surface area contributed by atoms with Crippen LogP contribution >= 0.6 is 24.0 Å². The maximum Gasteiger partial charge on any atom is 0.198 e. The van der Waals surface area contributed by atoms with Crippen LogP contribution in [-0.4, -0.2) is 55.0 Å². The molecular weight excluding hydrogens is 411 g/mol. The molecule has 2 fully saturated rings. The molecule has 24 heavy (non-hydrogen) atoms. The Labute approximate surface area is 163 Å². The fourth-order valence-electron chi connectivity index (χ4n) is 3.54. The third kappa shape index (κ3) is 5.62. The average Bonchev–Trinajstić information content (AvgIpc) is 3.08. The molecule has 1 N–H and O–H groups in total. The van der Waals surface area contributed by atoms with E-state index in [1.54, 1.807) is 0 Å². The van der Waals surface area contributed by atoms with Crippen molar-refractivity contribution >= 4 is 35.6 Å². The van der Waals surface area contributed by atoms with Gasteiger partial charge in [0.2, 0.25) is 0 Å². The van der Waals surface area contributed by atoms with E-state index in [9.17, 15) is 0 Å². The van der Waals surface area contributed by atoms with Crippen LogP contribution < -0.4 is 5.32 Å². The molecule has 1 unspecified atom stereocenters. The number of hydrogen-bond donors (Lipinski definition) is 1. The Morgan fingerprint density at radius 1 is 1.12 bits per heavy atom. The highest BCUT2D eigenvalue weighted by atomic mass is 127. The van der Waals surface area contributed by atoms with Crippen molar-refractivity contribution in [3.05, 3.63) is 30.3 Å². The van der Waals surface area contributed by atoms with E-state index in [4.69, 9.17) is 4.99 Å². The van der Waals surface area contributed by atoms with Crippen LogP contribution in [0.2, 0.25) is 0 Å². The van der Waals surface area contributed by atoms with E-state index in [-0.39, 0.29) is 24.0 Å². The minimum absolute atomic E-state index is 0. The van der Waals surface area contributed by atoms with E-state index in [0.717, 1.165) is 31.3 Å². The number of anilines is 1. The molecule has 0 saturated carbocycles. The highest BCUT2D eigenvalue weighted by Crippen LogP contribution is 2.17. The van der Waals surface area contributed by atoms with Gasteiger partial charge in [0.15, 0.2) is 5.96 Å². The van der Waals surface area contributed by atoms with Crippen LogP contribution in [0.1, 0.15) is 32.6 Å². The van der Waals surface area contributed by atoms with Gasteiger partial charge in [-0.15, -0.1) is 24.0 Å². The average molecular weight is 442 g/mol. The number of nitrogens with one attached hydrogen (secondary N) is 1. The predicted octanol–water partition coefficient (Wildman–Crippen LogP) is 3.90. The Balaban J connectivity index is 0.00000208. The molecule has 0 bridgehead atoms. The molecule has 2 aliphatic heterocycles. The van der Waals surface area contributed by atoms with Crippen molar-refractivity contribution in [2.75, 3.05) is 44.6 Å². The summed E-state index contributed by atoms with van der Waals surface area (Å²) in [4.78, 5) is 9.96. The zero-order valence-corrected chi connectivity index (χ0v) is 17.1. The van der Waals surface area contributed by atoms with Crippen LogP contribution in [0.15, 0.2) is 35.3 Å². The Morgan fingerprint density at radius 2 is 1.88 bits per heavy atom. The highest BCUT2D eigenvalue weighted by molar-refractivity contribution is 14.0. The summed E-state index contributed by atoms with van der Waals surface area (Å²) < 4.78 is 0. The van der Waals surface area contributed by atoms with Gasteiger partial charge in [0.05, 0.1) is 0 Å². The molecule has 0 aliphatic carbocycles. The fraction of sp³-hybridized carbons (Fsp3) is 0.632. The van der Waals surface area contributed by atoms with Crippen LogP contribution in [0.4, 0.5) is 5.69 Å². The van der Waals surface area contributed by atoms with Crippen LogP contribution in [0, 0.1) is 5.92 Å². The van der Waals surface area contributed by atoms with Gasteiger partial charge < -0.3 is 15.1 Å². The molecule has 5 heteroatoms. The van der Waals surface area contributed by atoms with Gasteiger partial charge in [-0.2, -0.15) is 0 Å². The van der Waals surface area contributed by atoms with Crippen molar-refractivity contribution < 1.29 is 0 Å². The second kappa shape index (κ2) is 10.2. The van der Waals surface area contributed by atoms with Gasteiger partial charge in [-0.3, -0.25) is 4.99 Å². The van der Waals surface area contributed by atoms with E-state index in [2.05, 4.69) is 52.4 Å². The third-order valence-corrected chi connectivity index (χ3v) is 5.00. The standard InChI is InChI=1S/C19H30N4.HI/c1-2-22-14-11-17(16-22)15-20-19(23-12-7-4-8-13-23)21-18-9-5-3-6-10-18;/h3,5-6,9-10,17H,2,4,7-8,11-16H2,1H3,(H,20,21);1H. The van der Waals surface area contributed by atoms with Gasteiger partial charge in [0, 0.05) is 31.9 Å². The molecule has 0 spiro atoms. The molecule has 2 saturated heterocycles. The lowest BCUT2D eigenvalue weighted by Crippen LogP contribution is -2.40. The van der Waals surface area contributed by atoms with Crippen molar-refractivity contribution in [1.82, 2.24) is 9.80 Å². The van der Waals surface area contributed by atoms with Crippen molar-refractivity contribution in [2.45, 2.75) is 32.6 Å². The van der Waals surface area contributed by atoms with Crippen LogP contribution in [0.25, 0.3) is 0 Å². The number of benzene rings is 1. The molecule has 3 rings (SSSR count). The van der Waals surface area contributed by atoms with E-state index < -0.39 is 0 Å². The molecule has 4 nitrogen and oxygen atoms in total. The third-order valence-electron chi connectivity index (χ3n) is 5.00. The molecule has 134 valence electrons. The first-order chi connectivity index (χ1) is 11.3. The van der Waals surface area contributed by atoms with Crippen molar-refractivity contribution in [1.29, 1.82) is 0 Å². The predicted molar refractivity (Wildman–Crippen MR) is 113 cm³/mol. The molecule has 2 aliphatic rings. The van der Waals surface area contributed by atoms with Gasteiger partial charge in [-0.25, -0.2) is 0 Å². The number of likely N-dealkylation sites (tertiary alicyclic amines) is 2. The largest absolute Gasteiger partial charge is 0.343 e. The maximum atomic E-state index is 5.00. The second-order valence-corrected chi connectivity index (χ2v) is 6.75. The van der Waals surface area contributed by atoms with Crippen LogP contribution in [-0.2, 0) is 0 Å². The second-order valence-electron chi connectivity index (χ2n) is 6.75. The lowest BCUT2D eigenvalue weighted by Gasteiger charge is -2.30. The van der Waals surface area contributed by atoms with E-state index in [0.29, 0.717) is 5.92 Å². The number of rotatable bonds is 4. The van der Waals surface area contributed by atoms with Gasteiger partial charge in [0.1, 0.15) is 0 Å². The van der Waals surface area contributed by atoms with Gasteiger partial charge in [-0.1, -0.05) is 25.1 Å². The molecular formula is C19H31IN4. The van der Waals surface area contributed by atoms with Crippen molar-refractivity contribution in [3.63, 3.8) is 0 Å². The smallest absolute Gasteiger partial charge is 0.198 e. The summed E-state index contributed by atoms with van der Waals surface area (Å²) >= 11 is 0. The lowest BCUT2D eigenvalue weighted by molar-refractivity contribution is 0.335. The fourth-order valence-corrected chi connectivity index (χ4v) is 3.54. The minimum Gasteiger partial charge on any atom is -0.343 e. The normalized spacial score (nSPS) is 22.3. The Kier molecular flexibility index (Phi) is 8.32. The summed E-state index contributed by atoms with van der Waals surface area (Å²) in [6, 6.07) is 10.4. The first-order valence-electron chi connectivity index (χ1n) is 9.19. The van der Waals surface area contributed by atoms with Crippen molar-refractivity contribution in [3.8, 4) is 0 Å². The number of hydrogen-bond acceptors (Lipinski definition) is 2. The van der Waals surface area contributed by atoms with Gasteiger partial charge >= 0.3 is 0 Å². The van der Waals surface area contributed by atoms with Gasteiger partial charge in [0.25, 0.3) is 0 Å². The molecule has 1 aromatic rings. The Morgan fingerprint density at radius 3 is 2.54 bits per heavy atom. The van der Waals surface area contributed by atoms with E-state index >= 15 is 0 Å². The monoisotopic (exact) mass is 442 g/mol. The van der Waals surface area contributed by atoms with Crippen LogP contribution in [0.5, 0.6) is 0 Å². The zero-order valence-electron chi connectivity index (χ0n) is 14.8. The summed E-state index contributed by atoms with van der Waals surface area (Å²) in [6.07, 6.45) is 5.20. The maximum absolute atomic E-state index is 5.00. The summed E-state index contributed by atoms with van der Waals surface area (Å²) in [5.74, 6) is 1.79. The highest BCUT2D eigenvalue weighted by Gasteiger charge is 2.22. The number of guanidine groups is 1. The SMILES string of the molecule is CCN1CCC(CN=C(Nc2ccccc2)N2CCCCC2)C1.I. The van der Waals surface area contributed by atoms with Crippen molar-refractivity contribution in [2.24, 2.45) is 10.9 Å². The van der Waals surface area contributed by atoms with Gasteiger partial charge in [-0.05, 0) is 56.8 Å². The number of nitrogens with zero attached hydrogens (tertiary/aromatic N) is 3. The number of para-hydroxylation sites is 1. The summed E-state index contributed by atoms with van der Waals surface area (Å²) in [5, 5.41) is 3.56. The molecule has 2 heterocycles. The van der Waals surface area contributed by atoms with Crippen LogP contribution in [0.3, 0.4) is 0 Å². The van der Waals surface area contributed by atoms with E-state index in [1.165, 1.54) is 45.3 Å². The zero-order chi connectivity index (χ0) is 15.9. The number of halogens is 1. The Bertz CT molecular complexity index is 499. The summed E-state index contributed by atoms with van der Waals surface area (Å²) in [6.45, 7) is 9.07. The number of piperidine rings is 1. The van der Waals surface area contributed by atoms with E-state index in [1.807, 2.05) is 0 Å². The molecule has 0 aromatic heterocycles. The lowest BCUT2D eigenvalue weighted by atomic mass is 10.1. The molecule has 1 aromatic carbocycles. The molecule has 1 atom stereocenters. The first kappa shape index (κ1) is 19.5. The number of aliphatic imine (C=N–C) groups is 1. The first-order valence-corrected chi connectivity index (χ1v) is 9.19. The quantitative estimate of drug-likeness (QED) is 0.436. The summed E-state index contributed by atoms with van der Waals surface area (Å²) in [5.41, 5.74) is 1.14. The summed E-state index contributed by atoms with van der Waals surface area (Å²) in [7, 11) is 0. The minimum atomic E-state index is 0. The molecule has 0 radical (unpaired) electrons. The topological polar surface area (TPSA) is 30.9 Å².